The van der Waals surface area contributed by atoms with Crippen LogP contribution in [0.2, 0.25) is 0 Å². The molecule has 33 heavy (non-hydrogen) atoms. The highest BCUT2D eigenvalue weighted by atomic mass is 35.5. The minimum Gasteiger partial charge on any atom is -0.444 e. The molecule has 180 valence electrons. The highest BCUT2D eigenvalue weighted by Crippen LogP contribution is 2.37. The number of hydrogen-bond acceptors (Lipinski definition) is 4. The van der Waals surface area contributed by atoms with Crippen molar-refractivity contribution in [3.63, 3.8) is 0 Å². The van der Waals surface area contributed by atoms with E-state index in [1.807, 2.05) is 27.7 Å². The third kappa shape index (κ3) is 5.40. The van der Waals surface area contributed by atoms with Gasteiger partial charge in [-0.3, -0.25) is 5.32 Å². The Labute approximate surface area is 198 Å². The van der Waals surface area contributed by atoms with E-state index in [2.05, 4.69) is 10.6 Å². The Morgan fingerprint density at radius 2 is 1.91 bits per heavy atom. The fraction of sp³-hybridized carbons (Fsp3) is 0.522. The molecule has 0 fully saturated rings. The SMILES string of the molecule is Cc1cc(-n2nc3c(c2NC(=O)NCCCl)[C@H](C)N(C(=O)OC(C)(C)C)CC3)cc(C)c1F. The molecule has 0 saturated heterocycles. The van der Waals surface area contributed by atoms with Gasteiger partial charge in [0.15, 0.2) is 0 Å². The van der Waals surface area contributed by atoms with Gasteiger partial charge in [-0.1, -0.05) is 0 Å². The molecular formula is C23H31ClFN5O3. The second-order valence-corrected chi connectivity index (χ2v) is 9.56. The van der Waals surface area contributed by atoms with Crippen LogP contribution in [0.5, 0.6) is 0 Å². The fourth-order valence-electron chi connectivity index (χ4n) is 3.91. The Hall–Kier alpha value is -2.81. The monoisotopic (exact) mass is 479 g/mol. The van der Waals surface area contributed by atoms with E-state index in [1.54, 1.807) is 35.6 Å². The minimum atomic E-state index is -0.632. The lowest BCUT2D eigenvalue weighted by atomic mass is 10.00. The summed E-state index contributed by atoms with van der Waals surface area (Å²) in [6.07, 6.45) is 0.0580. The number of urea groups is 1. The molecule has 0 saturated carbocycles. The first kappa shape index (κ1) is 24.8. The maximum absolute atomic E-state index is 14.3. The van der Waals surface area contributed by atoms with E-state index >= 15 is 0 Å². The van der Waals surface area contributed by atoms with Gasteiger partial charge in [0.2, 0.25) is 0 Å². The highest BCUT2D eigenvalue weighted by Gasteiger charge is 2.36. The molecule has 0 bridgehead atoms. The number of ether oxygens (including phenoxy) is 1. The van der Waals surface area contributed by atoms with Gasteiger partial charge >= 0.3 is 12.1 Å². The number of anilines is 1. The van der Waals surface area contributed by atoms with E-state index in [0.29, 0.717) is 41.2 Å². The van der Waals surface area contributed by atoms with Gasteiger partial charge in [-0.15, -0.1) is 11.6 Å². The number of carbonyl (C=O) groups is 2. The molecule has 1 atom stereocenters. The molecule has 0 unspecified atom stereocenters. The van der Waals surface area contributed by atoms with Crippen molar-refractivity contribution in [3.05, 3.63) is 40.3 Å². The molecule has 1 aliphatic heterocycles. The average Bonchev–Trinajstić information content (AvgIpc) is 3.08. The Morgan fingerprint density at radius 3 is 2.48 bits per heavy atom. The highest BCUT2D eigenvalue weighted by molar-refractivity contribution is 6.18. The first-order chi connectivity index (χ1) is 15.4. The van der Waals surface area contributed by atoms with Crippen LogP contribution >= 0.6 is 11.6 Å². The van der Waals surface area contributed by atoms with Gasteiger partial charge in [0.25, 0.3) is 0 Å². The Balaban J connectivity index is 2.07. The van der Waals surface area contributed by atoms with Crippen molar-refractivity contribution >= 4 is 29.5 Å². The van der Waals surface area contributed by atoms with E-state index in [0.717, 1.165) is 5.69 Å². The molecule has 3 amide bonds. The van der Waals surface area contributed by atoms with Gasteiger partial charge in [-0.2, -0.15) is 5.10 Å². The molecule has 8 nitrogen and oxygen atoms in total. The summed E-state index contributed by atoms with van der Waals surface area (Å²) in [6.45, 7) is 11.4. The molecule has 10 heteroatoms. The number of amides is 3. The predicted molar refractivity (Wildman–Crippen MR) is 126 cm³/mol. The average molecular weight is 480 g/mol. The van der Waals surface area contributed by atoms with Gasteiger partial charge in [0, 0.05) is 31.0 Å². The van der Waals surface area contributed by atoms with Gasteiger partial charge < -0.3 is 15.0 Å². The molecule has 2 aromatic rings. The van der Waals surface area contributed by atoms with Crippen molar-refractivity contribution in [3.8, 4) is 5.69 Å². The molecule has 1 aromatic carbocycles. The molecular weight excluding hydrogens is 449 g/mol. The van der Waals surface area contributed by atoms with Crippen LogP contribution in [-0.2, 0) is 11.2 Å². The maximum atomic E-state index is 14.3. The van der Waals surface area contributed by atoms with Crippen molar-refractivity contribution in [1.29, 1.82) is 0 Å². The molecule has 0 aliphatic carbocycles. The second kappa shape index (κ2) is 9.59. The molecule has 1 aliphatic rings. The number of fused-ring (bicyclic) bond motifs is 1. The van der Waals surface area contributed by atoms with Crippen molar-refractivity contribution < 1.29 is 18.7 Å². The summed E-state index contributed by atoms with van der Waals surface area (Å²) in [6, 6.07) is 2.51. The van der Waals surface area contributed by atoms with Crippen LogP contribution in [0, 0.1) is 19.7 Å². The van der Waals surface area contributed by atoms with Crippen molar-refractivity contribution in [1.82, 2.24) is 20.0 Å². The van der Waals surface area contributed by atoms with E-state index in [-0.39, 0.29) is 18.2 Å². The molecule has 0 spiro atoms. The van der Waals surface area contributed by atoms with Crippen molar-refractivity contribution in [2.24, 2.45) is 0 Å². The van der Waals surface area contributed by atoms with Gasteiger partial charge in [0.1, 0.15) is 17.2 Å². The van der Waals surface area contributed by atoms with Crippen LogP contribution in [0.15, 0.2) is 12.1 Å². The lowest BCUT2D eigenvalue weighted by Gasteiger charge is -2.34. The lowest BCUT2D eigenvalue weighted by Crippen LogP contribution is -2.42. The number of aryl methyl sites for hydroxylation is 2. The van der Waals surface area contributed by atoms with Crippen molar-refractivity contribution in [2.75, 3.05) is 24.3 Å². The summed E-state index contributed by atoms with van der Waals surface area (Å²) in [7, 11) is 0. The number of carbonyl (C=O) groups excluding carboxylic acids is 2. The zero-order valence-corrected chi connectivity index (χ0v) is 20.6. The van der Waals surface area contributed by atoms with Crippen LogP contribution in [0.4, 0.5) is 19.8 Å². The summed E-state index contributed by atoms with van der Waals surface area (Å²) in [4.78, 5) is 27.0. The van der Waals surface area contributed by atoms with E-state index in [9.17, 15) is 14.0 Å². The normalized spacial score (nSPS) is 15.8. The standard InChI is InChI=1S/C23H31ClFN5O3/c1-13-11-16(12-14(2)19(13)25)30-20(27-21(31)26-9-8-24)18-15(3)29(10-7-17(18)28-30)22(32)33-23(4,5)6/h11-12,15H,7-10H2,1-6H3,(H2,26,27,31)/t15-/m0/s1. The summed E-state index contributed by atoms with van der Waals surface area (Å²) in [5, 5.41) is 10.3. The summed E-state index contributed by atoms with van der Waals surface area (Å²) < 4.78 is 21.4. The Bertz CT molecular complexity index is 1040. The van der Waals surface area contributed by atoms with Crippen LogP contribution < -0.4 is 10.6 Å². The smallest absolute Gasteiger partial charge is 0.410 e. The molecule has 3 rings (SSSR count). The minimum absolute atomic E-state index is 0.268. The lowest BCUT2D eigenvalue weighted by molar-refractivity contribution is 0.0160. The third-order valence-corrected chi connectivity index (χ3v) is 5.57. The fourth-order valence-corrected chi connectivity index (χ4v) is 4.00. The first-order valence-corrected chi connectivity index (χ1v) is 11.5. The van der Waals surface area contributed by atoms with Crippen LogP contribution in [0.25, 0.3) is 5.69 Å². The van der Waals surface area contributed by atoms with Crippen LogP contribution in [0.1, 0.15) is 56.1 Å². The van der Waals surface area contributed by atoms with Gasteiger partial charge in [-0.05, 0) is 64.8 Å². The van der Waals surface area contributed by atoms with Gasteiger partial charge in [-0.25, -0.2) is 18.7 Å². The number of hydrogen-bond donors (Lipinski definition) is 2. The number of nitrogens with one attached hydrogen (secondary N) is 2. The molecule has 1 aromatic heterocycles. The number of benzene rings is 1. The molecule has 2 N–H and O–H groups in total. The maximum Gasteiger partial charge on any atom is 0.410 e. The van der Waals surface area contributed by atoms with Gasteiger partial charge in [0.05, 0.1) is 17.4 Å². The topological polar surface area (TPSA) is 88.5 Å². The summed E-state index contributed by atoms with van der Waals surface area (Å²) >= 11 is 5.70. The zero-order valence-electron chi connectivity index (χ0n) is 19.9. The van der Waals surface area contributed by atoms with Crippen molar-refractivity contribution in [2.45, 2.75) is 59.6 Å². The number of aromatic nitrogens is 2. The predicted octanol–water partition coefficient (Wildman–Crippen LogP) is 4.84. The molecule has 0 radical (unpaired) electrons. The number of rotatable bonds is 4. The largest absolute Gasteiger partial charge is 0.444 e. The third-order valence-electron chi connectivity index (χ3n) is 5.38. The number of nitrogens with zero attached hydrogens (tertiary/aromatic N) is 3. The zero-order chi connectivity index (χ0) is 24.5. The summed E-state index contributed by atoms with van der Waals surface area (Å²) in [5.74, 6) is 0.405. The van der Waals surface area contributed by atoms with Crippen LogP contribution in [-0.4, -0.2) is 51.4 Å². The quantitative estimate of drug-likeness (QED) is 0.614. The summed E-state index contributed by atoms with van der Waals surface area (Å²) in [5.41, 5.74) is 2.40. The number of alkyl halides is 1. The van der Waals surface area contributed by atoms with E-state index in [1.165, 1.54) is 0 Å². The second-order valence-electron chi connectivity index (χ2n) is 9.18. The van der Waals surface area contributed by atoms with E-state index in [4.69, 9.17) is 21.4 Å². The first-order valence-electron chi connectivity index (χ1n) is 10.9. The Morgan fingerprint density at radius 1 is 1.27 bits per heavy atom. The van der Waals surface area contributed by atoms with Crippen LogP contribution in [0.3, 0.4) is 0 Å². The van der Waals surface area contributed by atoms with E-state index < -0.39 is 23.8 Å². The number of halogens is 2. The molecule has 2 heterocycles. The Kier molecular flexibility index (Phi) is 7.21.